The molecule has 0 unspecified atom stereocenters. The highest BCUT2D eigenvalue weighted by Gasteiger charge is 2.53. The van der Waals surface area contributed by atoms with Gasteiger partial charge in [0.15, 0.2) is 7.14 Å². The molecule has 138 valence electrons. The highest BCUT2D eigenvalue weighted by Crippen LogP contribution is 2.55. The van der Waals surface area contributed by atoms with Crippen LogP contribution in [0.4, 0.5) is 13.2 Å². The summed E-state index contributed by atoms with van der Waals surface area (Å²) in [7, 11) is -4.12. The van der Waals surface area contributed by atoms with Crippen LogP contribution in [-0.2, 0) is 4.57 Å². The molecule has 0 spiro atoms. The van der Waals surface area contributed by atoms with Crippen molar-refractivity contribution in [3.05, 3.63) is 96.6 Å². The van der Waals surface area contributed by atoms with Gasteiger partial charge in [0, 0.05) is 16.8 Å². The quantitative estimate of drug-likeness (QED) is 0.447. The molecular weight excluding hydrogens is 370 g/mol. The molecule has 0 saturated carbocycles. The van der Waals surface area contributed by atoms with Crippen LogP contribution in [0, 0.1) is 0 Å². The van der Waals surface area contributed by atoms with Gasteiger partial charge in [0.25, 0.3) is 0 Å². The normalized spacial score (nSPS) is 13.6. The third-order valence-corrected chi connectivity index (χ3v) is 7.33. The predicted octanol–water partition coefficient (Wildman–Crippen LogP) is 5.01. The first-order chi connectivity index (χ1) is 12.9. The number of hydrogen-bond acceptors (Lipinski definition) is 2. The molecule has 3 aromatic rings. The maximum Gasteiger partial charge on any atom is 0.418 e. The Balaban J connectivity index is 2.18. The summed E-state index contributed by atoms with van der Waals surface area (Å²) in [6.07, 6.45) is -3.64. The highest BCUT2D eigenvalue weighted by molar-refractivity contribution is 7.79. The van der Waals surface area contributed by atoms with Crippen molar-refractivity contribution in [2.75, 3.05) is 0 Å². The van der Waals surface area contributed by atoms with E-state index in [0.29, 0.717) is 5.56 Å². The highest BCUT2D eigenvalue weighted by atomic mass is 31.2. The van der Waals surface area contributed by atoms with Crippen LogP contribution in [0.1, 0.15) is 5.56 Å². The van der Waals surface area contributed by atoms with Crippen molar-refractivity contribution in [1.82, 2.24) is 0 Å². The number of rotatable bonds is 5. The molecule has 0 aliphatic rings. The zero-order chi connectivity index (χ0) is 19.3. The second-order valence-corrected chi connectivity index (χ2v) is 8.77. The van der Waals surface area contributed by atoms with Gasteiger partial charge in [-0.25, -0.2) is 0 Å². The molecule has 0 N–H and O–H groups in total. The third kappa shape index (κ3) is 4.20. The second-order valence-electron chi connectivity index (χ2n) is 5.93. The summed E-state index contributed by atoms with van der Waals surface area (Å²) >= 11 is 0. The van der Waals surface area contributed by atoms with Gasteiger partial charge >= 0.3 is 6.18 Å². The van der Waals surface area contributed by atoms with Crippen LogP contribution < -0.4 is 10.6 Å². The Bertz CT molecular complexity index is 898. The second kappa shape index (κ2) is 7.93. The summed E-state index contributed by atoms with van der Waals surface area (Å²) < 4.78 is 56.0. The number of halogens is 3. The van der Waals surface area contributed by atoms with Crippen LogP contribution in [-0.4, -0.2) is 18.2 Å². The van der Waals surface area contributed by atoms with Gasteiger partial charge in [-0.3, -0.25) is 4.99 Å². The molecule has 27 heavy (non-hydrogen) atoms. The Morgan fingerprint density at radius 1 is 0.741 bits per heavy atom. The Morgan fingerprint density at radius 2 is 1.15 bits per heavy atom. The number of nitrogens with zero attached hydrogens (tertiary/aromatic N) is 1. The molecule has 0 bridgehead atoms. The minimum Gasteiger partial charge on any atom is -0.311 e. The van der Waals surface area contributed by atoms with E-state index in [1.807, 2.05) is 0 Å². The molecule has 0 aliphatic heterocycles. The molecule has 0 radical (unpaired) electrons. The van der Waals surface area contributed by atoms with Gasteiger partial charge in [0.05, 0.1) is 0 Å². The lowest BCUT2D eigenvalue weighted by atomic mass is 10.2. The molecule has 3 rings (SSSR count). The SMILES string of the molecule is O=P(c1ccccc1)(c1ccccc1)[C@H](N=Cc1ccccc1)C(F)(F)F. The summed E-state index contributed by atoms with van der Waals surface area (Å²) in [6.45, 7) is 0. The first-order valence-corrected chi connectivity index (χ1v) is 10.1. The Labute approximate surface area is 155 Å². The first kappa shape index (κ1) is 19.1. The molecule has 2 nitrogen and oxygen atoms in total. The Morgan fingerprint density at radius 3 is 1.56 bits per heavy atom. The predicted molar refractivity (Wildman–Crippen MR) is 104 cm³/mol. The van der Waals surface area contributed by atoms with Gasteiger partial charge in [0.2, 0.25) is 5.78 Å². The van der Waals surface area contributed by atoms with Gasteiger partial charge in [0.1, 0.15) is 0 Å². The Hall–Kier alpha value is -2.65. The standard InChI is InChI=1S/C21H17F3NOP/c22-21(23,24)20(25-16-17-10-4-1-5-11-17)27(26,18-12-6-2-7-13-18)19-14-8-3-9-15-19/h1-16,20H/t20-/m0/s1. The topological polar surface area (TPSA) is 29.4 Å². The molecule has 0 aliphatic carbocycles. The summed E-state index contributed by atoms with van der Waals surface area (Å²) in [5.41, 5.74) is 0.513. The van der Waals surface area contributed by atoms with Crippen LogP contribution >= 0.6 is 7.14 Å². The van der Waals surface area contributed by atoms with Crippen molar-refractivity contribution in [2.45, 2.75) is 12.0 Å². The zero-order valence-electron chi connectivity index (χ0n) is 14.3. The molecule has 0 aromatic heterocycles. The van der Waals surface area contributed by atoms with Gasteiger partial charge in [-0.1, -0.05) is 91.0 Å². The van der Waals surface area contributed by atoms with Crippen molar-refractivity contribution >= 4 is 24.0 Å². The van der Waals surface area contributed by atoms with E-state index in [1.165, 1.54) is 24.3 Å². The third-order valence-electron chi connectivity index (χ3n) is 4.08. The molecule has 0 fully saturated rings. The minimum absolute atomic E-state index is 0.128. The lowest BCUT2D eigenvalue weighted by molar-refractivity contribution is -0.128. The van der Waals surface area contributed by atoms with Crippen molar-refractivity contribution in [3.8, 4) is 0 Å². The summed E-state index contributed by atoms with van der Waals surface area (Å²) in [4.78, 5) is 3.78. The largest absolute Gasteiger partial charge is 0.418 e. The average molecular weight is 387 g/mol. The van der Waals surface area contributed by atoms with E-state index >= 15 is 0 Å². The van der Waals surface area contributed by atoms with Gasteiger partial charge < -0.3 is 4.57 Å². The smallest absolute Gasteiger partial charge is 0.311 e. The van der Waals surface area contributed by atoms with E-state index in [4.69, 9.17) is 0 Å². The fraction of sp³-hybridized carbons (Fsp3) is 0.0952. The lowest BCUT2D eigenvalue weighted by Crippen LogP contribution is -2.35. The molecule has 1 atom stereocenters. The van der Waals surface area contributed by atoms with E-state index in [2.05, 4.69) is 4.99 Å². The van der Waals surface area contributed by atoms with Crippen LogP contribution in [0.5, 0.6) is 0 Å². The van der Waals surface area contributed by atoms with E-state index in [-0.39, 0.29) is 10.6 Å². The molecule has 0 saturated heterocycles. The summed E-state index contributed by atoms with van der Waals surface area (Å²) in [5, 5.41) is 0.257. The van der Waals surface area contributed by atoms with Crippen LogP contribution in [0.2, 0.25) is 0 Å². The summed E-state index contributed by atoms with van der Waals surface area (Å²) in [5.74, 6) is -2.37. The summed E-state index contributed by atoms with van der Waals surface area (Å²) in [6, 6.07) is 24.0. The maximum atomic E-state index is 14.0. The van der Waals surface area contributed by atoms with E-state index in [0.717, 1.165) is 6.21 Å². The first-order valence-electron chi connectivity index (χ1n) is 8.28. The van der Waals surface area contributed by atoms with Crippen LogP contribution in [0.3, 0.4) is 0 Å². The molecular formula is C21H17F3NOP. The van der Waals surface area contributed by atoms with Crippen molar-refractivity contribution < 1.29 is 17.7 Å². The van der Waals surface area contributed by atoms with E-state index < -0.39 is 19.1 Å². The minimum atomic E-state index is -4.77. The number of benzene rings is 3. The van der Waals surface area contributed by atoms with Crippen LogP contribution in [0.15, 0.2) is 96.0 Å². The zero-order valence-corrected chi connectivity index (χ0v) is 15.1. The fourth-order valence-corrected chi connectivity index (χ4v) is 5.57. The maximum absolute atomic E-state index is 14.0. The van der Waals surface area contributed by atoms with Gasteiger partial charge in [-0.05, 0) is 5.56 Å². The number of aliphatic imine (C=N–C) groups is 1. The van der Waals surface area contributed by atoms with Crippen molar-refractivity contribution in [2.24, 2.45) is 4.99 Å². The van der Waals surface area contributed by atoms with E-state index in [9.17, 15) is 17.7 Å². The van der Waals surface area contributed by atoms with Crippen molar-refractivity contribution in [1.29, 1.82) is 0 Å². The van der Waals surface area contributed by atoms with Gasteiger partial charge in [-0.15, -0.1) is 0 Å². The van der Waals surface area contributed by atoms with Crippen molar-refractivity contribution in [3.63, 3.8) is 0 Å². The molecule has 3 aromatic carbocycles. The molecule has 0 heterocycles. The molecule has 0 amide bonds. The Kier molecular flexibility index (Phi) is 5.62. The number of alkyl halides is 3. The number of hydrogen-bond donors (Lipinski definition) is 0. The average Bonchev–Trinajstić information content (AvgIpc) is 2.69. The lowest BCUT2D eigenvalue weighted by Gasteiger charge is -2.27. The monoisotopic (exact) mass is 387 g/mol. The van der Waals surface area contributed by atoms with Gasteiger partial charge in [-0.2, -0.15) is 13.2 Å². The fourth-order valence-electron chi connectivity index (χ4n) is 2.81. The van der Waals surface area contributed by atoms with E-state index in [1.54, 1.807) is 66.7 Å². The van der Waals surface area contributed by atoms with Crippen LogP contribution in [0.25, 0.3) is 0 Å². The molecule has 6 heteroatoms.